The lowest BCUT2D eigenvalue weighted by Gasteiger charge is -2.25. The number of amides is 1. The van der Waals surface area contributed by atoms with E-state index >= 15 is 0 Å². The van der Waals surface area contributed by atoms with Gasteiger partial charge in [-0.15, -0.1) is 10.2 Å². The van der Waals surface area contributed by atoms with Crippen molar-refractivity contribution >= 4 is 29.6 Å². The number of nitrogens with one attached hydrogen (secondary N) is 1. The van der Waals surface area contributed by atoms with Crippen LogP contribution in [-0.4, -0.2) is 46.7 Å². The van der Waals surface area contributed by atoms with Gasteiger partial charge in [-0.3, -0.25) is 9.36 Å². The Morgan fingerprint density at radius 2 is 2.00 bits per heavy atom. The molecule has 1 aromatic carbocycles. The number of anilines is 1. The number of aromatic nitrogens is 3. The van der Waals surface area contributed by atoms with Crippen LogP contribution in [0.3, 0.4) is 0 Å². The van der Waals surface area contributed by atoms with E-state index in [4.69, 9.17) is 4.42 Å². The molecule has 3 aromatic rings. The lowest BCUT2D eigenvalue weighted by molar-refractivity contribution is -0.118. The maximum atomic E-state index is 12.3. The average Bonchev–Trinajstić information content (AvgIpc) is 3.48. The zero-order valence-corrected chi connectivity index (χ0v) is 19.2. The molecule has 0 atom stereocenters. The lowest BCUT2D eigenvalue weighted by atomic mass is 9.95. The standard InChI is InChI=1S/C23H28N6O2S/c1-28(2)18-12-10-17(11-13-18)22-26-27-23(29(22)19-7-4-3-5-8-19)32-16-21(30)25-24-15-20-9-6-14-31-20/h6,9-15,19H,3-5,7-8,16H2,1-2H3,(H,25,30)/b24-15+. The van der Waals surface area contributed by atoms with Gasteiger partial charge in [0, 0.05) is 31.4 Å². The summed E-state index contributed by atoms with van der Waals surface area (Å²) >= 11 is 1.39. The highest BCUT2D eigenvalue weighted by molar-refractivity contribution is 7.99. The van der Waals surface area contributed by atoms with E-state index in [0.29, 0.717) is 11.8 Å². The minimum Gasteiger partial charge on any atom is -0.463 e. The SMILES string of the molecule is CN(C)c1ccc(-c2nnc(SCC(=O)N/N=C/c3ccco3)n2C2CCCCC2)cc1. The van der Waals surface area contributed by atoms with Crippen LogP contribution in [0.1, 0.15) is 43.9 Å². The molecule has 168 valence electrons. The van der Waals surface area contributed by atoms with E-state index in [9.17, 15) is 4.79 Å². The Bertz CT molecular complexity index is 1040. The fraction of sp³-hybridized carbons (Fsp3) is 0.391. The molecule has 1 N–H and O–H groups in total. The van der Waals surface area contributed by atoms with Crippen LogP contribution in [0.4, 0.5) is 5.69 Å². The van der Waals surface area contributed by atoms with Crippen molar-refractivity contribution in [1.29, 1.82) is 0 Å². The first-order chi connectivity index (χ1) is 15.6. The van der Waals surface area contributed by atoms with E-state index in [0.717, 1.165) is 35.1 Å². The van der Waals surface area contributed by atoms with Gasteiger partial charge in [-0.2, -0.15) is 5.10 Å². The van der Waals surface area contributed by atoms with Gasteiger partial charge in [-0.1, -0.05) is 31.0 Å². The van der Waals surface area contributed by atoms with Crippen LogP contribution in [0.15, 0.2) is 57.3 Å². The van der Waals surface area contributed by atoms with Gasteiger partial charge >= 0.3 is 0 Å². The molecule has 1 saturated carbocycles. The Kier molecular flexibility index (Phi) is 7.26. The minimum absolute atomic E-state index is 0.201. The Labute approximate surface area is 192 Å². The summed E-state index contributed by atoms with van der Waals surface area (Å²) in [4.78, 5) is 14.3. The molecule has 9 heteroatoms. The molecule has 0 aliphatic heterocycles. The smallest absolute Gasteiger partial charge is 0.250 e. The molecule has 0 radical (unpaired) electrons. The molecule has 4 rings (SSSR count). The highest BCUT2D eigenvalue weighted by Crippen LogP contribution is 2.35. The Morgan fingerprint density at radius 1 is 1.22 bits per heavy atom. The predicted octanol–water partition coefficient (Wildman–Crippen LogP) is 4.35. The first-order valence-corrected chi connectivity index (χ1v) is 11.8. The normalized spacial score (nSPS) is 14.7. The highest BCUT2D eigenvalue weighted by Gasteiger charge is 2.24. The number of hydrazone groups is 1. The second-order valence-corrected chi connectivity index (χ2v) is 8.95. The van der Waals surface area contributed by atoms with Crippen LogP contribution >= 0.6 is 11.8 Å². The van der Waals surface area contributed by atoms with Crippen molar-refractivity contribution in [2.45, 2.75) is 43.3 Å². The quantitative estimate of drug-likeness (QED) is 0.310. The van der Waals surface area contributed by atoms with E-state index in [1.807, 2.05) is 14.1 Å². The molecular formula is C23H28N6O2S. The van der Waals surface area contributed by atoms with Crippen LogP contribution < -0.4 is 10.3 Å². The summed E-state index contributed by atoms with van der Waals surface area (Å²) in [7, 11) is 4.05. The number of furan rings is 1. The molecule has 1 aliphatic rings. The number of hydrogen-bond donors (Lipinski definition) is 1. The van der Waals surface area contributed by atoms with Gasteiger partial charge in [0.25, 0.3) is 5.91 Å². The molecule has 0 spiro atoms. The molecule has 32 heavy (non-hydrogen) atoms. The average molecular weight is 453 g/mol. The van der Waals surface area contributed by atoms with Gasteiger partial charge in [0.2, 0.25) is 0 Å². The van der Waals surface area contributed by atoms with Gasteiger partial charge in [0.05, 0.1) is 18.2 Å². The maximum absolute atomic E-state index is 12.3. The molecule has 0 unspecified atom stereocenters. The zero-order valence-electron chi connectivity index (χ0n) is 18.4. The summed E-state index contributed by atoms with van der Waals surface area (Å²) < 4.78 is 7.39. The number of carbonyl (C=O) groups excluding carboxylic acids is 1. The molecule has 2 aromatic heterocycles. The van der Waals surface area contributed by atoms with Crippen molar-refractivity contribution in [3.63, 3.8) is 0 Å². The molecule has 2 heterocycles. The Balaban J connectivity index is 1.49. The van der Waals surface area contributed by atoms with Crippen molar-refractivity contribution in [1.82, 2.24) is 20.2 Å². The second kappa shape index (κ2) is 10.5. The Hall–Kier alpha value is -3.07. The minimum atomic E-state index is -0.201. The monoisotopic (exact) mass is 452 g/mol. The summed E-state index contributed by atoms with van der Waals surface area (Å²) in [5.74, 6) is 1.45. The van der Waals surface area contributed by atoms with Crippen molar-refractivity contribution in [3.05, 3.63) is 48.4 Å². The summed E-state index contributed by atoms with van der Waals surface area (Å²) in [6, 6.07) is 12.2. The summed E-state index contributed by atoms with van der Waals surface area (Å²) in [6.07, 6.45) is 8.92. The number of benzene rings is 1. The maximum Gasteiger partial charge on any atom is 0.250 e. The van der Waals surface area contributed by atoms with Gasteiger partial charge in [0.15, 0.2) is 11.0 Å². The predicted molar refractivity (Wildman–Crippen MR) is 127 cm³/mol. The van der Waals surface area contributed by atoms with Crippen LogP contribution in [0.5, 0.6) is 0 Å². The molecular weight excluding hydrogens is 424 g/mol. The molecule has 8 nitrogen and oxygen atoms in total. The fourth-order valence-corrected chi connectivity index (χ4v) is 4.64. The van der Waals surface area contributed by atoms with E-state index in [1.54, 1.807) is 18.4 Å². The van der Waals surface area contributed by atoms with Crippen LogP contribution in [0.25, 0.3) is 11.4 Å². The van der Waals surface area contributed by atoms with Gasteiger partial charge in [0.1, 0.15) is 5.76 Å². The molecule has 1 aliphatic carbocycles. The summed E-state index contributed by atoms with van der Waals surface area (Å²) in [5, 5.41) is 13.7. The van der Waals surface area contributed by atoms with Gasteiger partial charge in [-0.05, 0) is 49.2 Å². The van der Waals surface area contributed by atoms with E-state index in [-0.39, 0.29) is 11.7 Å². The van der Waals surface area contributed by atoms with E-state index in [2.05, 4.69) is 54.5 Å². The number of nitrogens with zero attached hydrogens (tertiary/aromatic N) is 5. The van der Waals surface area contributed by atoms with E-state index in [1.165, 1.54) is 37.2 Å². The molecule has 1 amide bonds. The second-order valence-electron chi connectivity index (χ2n) is 8.01. The summed E-state index contributed by atoms with van der Waals surface area (Å²) in [5.41, 5.74) is 4.71. The molecule has 0 saturated heterocycles. The van der Waals surface area contributed by atoms with Gasteiger partial charge < -0.3 is 9.32 Å². The molecule has 0 bridgehead atoms. The zero-order chi connectivity index (χ0) is 22.3. The van der Waals surface area contributed by atoms with Crippen LogP contribution in [0, 0.1) is 0 Å². The number of hydrogen-bond acceptors (Lipinski definition) is 7. The van der Waals surface area contributed by atoms with Crippen LogP contribution in [-0.2, 0) is 4.79 Å². The largest absolute Gasteiger partial charge is 0.463 e. The number of carbonyl (C=O) groups is 1. The van der Waals surface area contributed by atoms with Crippen molar-refractivity contribution in [2.75, 3.05) is 24.7 Å². The van der Waals surface area contributed by atoms with Crippen molar-refractivity contribution < 1.29 is 9.21 Å². The third-order valence-corrected chi connectivity index (χ3v) is 6.45. The van der Waals surface area contributed by atoms with Crippen LogP contribution in [0.2, 0.25) is 0 Å². The summed E-state index contributed by atoms with van der Waals surface area (Å²) in [6.45, 7) is 0. The Morgan fingerprint density at radius 3 is 2.69 bits per heavy atom. The first-order valence-electron chi connectivity index (χ1n) is 10.8. The third-order valence-electron chi connectivity index (χ3n) is 5.50. The fourth-order valence-electron chi connectivity index (χ4n) is 3.84. The van der Waals surface area contributed by atoms with Gasteiger partial charge in [-0.25, -0.2) is 5.43 Å². The van der Waals surface area contributed by atoms with Crippen molar-refractivity contribution in [2.24, 2.45) is 5.10 Å². The highest BCUT2D eigenvalue weighted by atomic mass is 32.2. The lowest BCUT2D eigenvalue weighted by Crippen LogP contribution is -2.20. The van der Waals surface area contributed by atoms with E-state index < -0.39 is 0 Å². The van der Waals surface area contributed by atoms with Crippen molar-refractivity contribution in [3.8, 4) is 11.4 Å². The molecule has 1 fully saturated rings. The number of thioether (sulfide) groups is 1. The topological polar surface area (TPSA) is 88.6 Å². The first kappa shape index (κ1) is 22.1. The number of rotatable bonds is 8. The third kappa shape index (κ3) is 5.40.